The van der Waals surface area contributed by atoms with Crippen molar-refractivity contribution in [2.24, 2.45) is 5.92 Å². The molecule has 1 heterocycles. The Morgan fingerprint density at radius 3 is 2.41 bits per heavy atom. The van der Waals surface area contributed by atoms with Gasteiger partial charge in [0.05, 0.1) is 13.0 Å². The molecule has 5 heteroatoms. The molecule has 1 aromatic rings. The van der Waals surface area contributed by atoms with E-state index in [1.807, 2.05) is 0 Å². The Morgan fingerprint density at radius 2 is 1.94 bits per heavy atom. The summed E-state index contributed by atoms with van der Waals surface area (Å²) in [6.45, 7) is 0.283. The molecule has 0 N–H and O–H groups in total. The number of amides is 1. The number of carbonyl (C=O) groups is 1. The molecule has 0 saturated carbocycles. The first kappa shape index (κ1) is 11.8. The number of halogens is 2. The minimum Gasteiger partial charge on any atom is -0.497 e. The fourth-order valence-corrected chi connectivity index (χ4v) is 1.75. The van der Waals surface area contributed by atoms with Crippen LogP contribution in [0, 0.1) is 5.92 Å². The molecule has 0 aliphatic carbocycles. The first-order chi connectivity index (χ1) is 8.11. The van der Waals surface area contributed by atoms with Crippen molar-refractivity contribution in [2.45, 2.75) is 6.43 Å². The van der Waals surface area contributed by atoms with Gasteiger partial charge in [-0.05, 0) is 24.3 Å². The van der Waals surface area contributed by atoms with Gasteiger partial charge in [-0.25, -0.2) is 8.78 Å². The van der Waals surface area contributed by atoms with Crippen LogP contribution in [0.15, 0.2) is 24.3 Å². The van der Waals surface area contributed by atoms with Gasteiger partial charge in [0.2, 0.25) is 6.43 Å². The normalized spacial score (nSPS) is 15.9. The molecule has 1 amide bonds. The van der Waals surface area contributed by atoms with Crippen LogP contribution >= 0.6 is 0 Å². The first-order valence-corrected chi connectivity index (χ1v) is 5.33. The van der Waals surface area contributed by atoms with Crippen LogP contribution in [0.2, 0.25) is 0 Å². The lowest BCUT2D eigenvalue weighted by molar-refractivity contribution is -0.0152. The van der Waals surface area contributed by atoms with Gasteiger partial charge < -0.3 is 9.64 Å². The molecule has 1 aromatic carbocycles. The van der Waals surface area contributed by atoms with Gasteiger partial charge >= 0.3 is 0 Å². The van der Waals surface area contributed by atoms with Crippen LogP contribution in [-0.2, 0) is 0 Å². The average Bonchev–Trinajstić information content (AvgIpc) is 2.26. The van der Waals surface area contributed by atoms with Gasteiger partial charge in [-0.3, -0.25) is 4.79 Å². The molecular formula is C12H13F2NO2. The second-order valence-corrected chi connectivity index (χ2v) is 4.03. The summed E-state index contributed by atoms with van der Waals surface area (Å²) in [6.07, 6.45) is -2.34. The van der Waals surface area contributed by atoms with Gasteiger partial charge in [0.25, 0.3) is 5.91 Å². The van der Waals surface area contributed by atoms with Gasteiger partial charge in [-0.15, -0.1) is 0 Å². The molecule has 0 radical (unpaired) electrons. The lowest BCUT2D eigenvalue weighted by Crippen LogP contribution is -2.52. The molecule has 2 rings (SSSR count). The Kier molecular flexibility index (Phi) is 3.26. The van der Waals surface area contributed by atoms with Crippen LogP contribution in [0.5, 0.6) is 5.75 Å². The molecular weight excluding hydrogens is 228 g/mol. The highest BCUT2D eigenvalue weighted by Crippen LogP contribution is 2.24. The summed E-state index contributed by atoms with van der Waals surface area (Å²) in [4.78, 5) is 13.3. The van der Waals surface area contributed by atoms with Crippen molar-refractivity contribution in [3.05, 3.63) is 29.8 Å². The zero-order valence-electron chi connectivity index (χ0n) is 9.40. The minimum absolute atomic E-state index is 0.141. The largest absolute Gasteiger partial charge is 0.497 e. The van der Waals surface area contributed by atoms with Gasteiger partial charge in [-0.2, -0.15) is 0 Å². The predicted octanol–water partition coefficient (Wildman–Crippen LogP) is 2.03. The van der Waals surface area contributed by atoms with Gasteiger partial charge in [-0.1, -0.05) is 0 Å². The summed E-state index contributed by atoms with van der Waals surface area (Å²) < 4.78 is 29.5. The van der Waals surface area contributed by atoms with E-state index in [1.54, 1.807) is 31.4 Å². The molecule has 1 aliphatic rings. The molecule has 0 bridgehead atoms. The van der Waals surface area contributed by atoms with Crippen molar-refractivity contribution in [1.82, 2.24) is 4.90 Å². The topological polar surface area (TPSA) is 29.5 Å². The average molecular weight is 241 g/mol. The molecule has 0 unspecified atom stereocenters. The number of hydrogen-bond donors (Lipinski definition) is 0. The van der Waals surface area contributed by atoms with Crippen molar-refractivity contribution in [3.8, 4) is 5.75 Å². The highest BCUT2D eigenvalue weighted by molar-refractivity contribution is 5.94. The monoisotopic (exact) mass is 241 g/mol. The quantitative estimate of drug-likeness (QED) is 0.810. The lowest BCUT2D eigenvalue weighted by Gasteiger charge is -2.38. The minimum atomic E-state index is -2.34. The van der Waals surface area contributed by atoms with Gasteiger partial charge in [0, 0.05) is 18.7 Å². The molecule has 92 valence electrons. The number of nitrogens with zero attached hydrogens (tertiary/aromatic N) is 1. The number of ether oxygens (including phenoxy) is 1. The molecule has 17 heavy (non-hydrogen) atoms. The fourth-order valence-electron chi connectivity index (χ4n) is 1.75. The van der Waals surface area contributed by atoms with Crippen LogP contribution in [0.1, 0.15) is 10.4 Å². The number of rotatable bonds is 3. The Bertz CT molecular complexity index is 399. The summed E-state index contributed by atoms with van der Waals surface area (Å²) in [5.41, 5.74) is 0.499. The zero-order valence-corrected chi connectivity index (χ0v) is 9.40. The van der Waals surface area contributed by atoms with E-state index in [9.17, 15) is 13.6 Å². The standard InChI is InChI=1S/C12H13F2NO2/c1-17-10-4-2-8(3-5-10)12(16)15-6-9(7-15)11(13)14/h2-5,9,11H,6-7H2,1H3. The van der Waals surface area contributed by atoms with Gasteiger partial charge in [0.15, 0.2) is 0 Å². The van der Waals surface area contributed by atoms with Crippen molar-refractivity contribution >= 4 is 5.91 Å². The molecule has 0 aromatic heterocycles. The Hall–Kier alpha value is -1.65. The second-order valence-electron chi connectivity index (χ2n) is 4.03. The van der Waals surface area contributed by atoms with E-state index in [0.29, 0.717) is 11.3 Å². The first-order valence-electron chi connectivity index (χ1n) is 5.33. The van der Waals surface area contributed by atoms with Gasteiger partial charge in [0.1, 0.15) is 5.75 Å². The van der Waals surface area contributed by atoms with E-state index in [1.165, 1.54) is 4.90 Å². The summed E-state index contributed by atoms with van der Waals surface area (Å²) in [7, 11) is 1.54. The van der Waals surface area contributed by atoms with E-state index >= 15 is 0 Å². The maximum Gasteiger partial charge on any atom is 0.253 e. The fraction of sp³-hybridized carbons (Fsp3) is 0.417. The van der Waals surface area contributed by atoms with Crippen molar-refractivity contribution < 1.29 is 18.3 Å². The Morgan fingerprint density at radius 1 is 1.35 bits per heavy atom. The van der Waals surface area contributed by atoms with E-state index in [2.05, 4.69) is 0 Å². The smallest absolute Gasteiger partial charge is 0.253 e. The third-order valence-corrected chi connectivity index (χ3v) is 2.89. The summed E-state index contributed by atoms with van der Waals surface area (Å²) in [5.74, 6) is -0.211. The molecule has 0 atom stereocenters. The highest BCUT2D eigenvalue weighted by Gasteiger charge is 2.36. The summed E-state index contributed by atoms with van der Waals surface area (Å²) in [6, 6.07) is 6.63. The zero-order chi connectivity index (χ0) is 12.4. The molecule has 3 nitrogen and oxygen atoms in total. The molecule has 1 saturated heterocycles. The van der Waals surface area contributed by atoms with Crippen LogP contribution in [0.3, 0.4) is 0 Å². The van der Waals surface area contributed by atoms with Crippen LogP contribution in [0.4, 0.5) is 8.78 Å². The number of hydrogen-bond acceptors (Lipinski definition) is 2. The van der Waals surface area contributed by atoms with E-state index in [-0.39, 0.29) is 19.0 Å². The van der Waals surface area contributed by atoms with Crippen molar-refractivity contribution in [1.29, 1.82) is 0 Å². The van der Waals surface area contributed by atoms with E-state index in [4.69, 9.17) is 4.74 Å². The Balaban J connectivity index is 1.97. The second kappa shape index (κ2) is 4.69. The number of carbonyl (C=O) groups excluding carboxylic acids is 1. The third-order valence-electron chi connectivity index (χ3n) is 2.89. The summed E-state index contributed by atoms with van der Waals surface area (Å²) >= 11 is 0. The van der Waals surface area contributed by atoms with Crippen LogP contribution in [-0.4, -0.2) is 37.4 Å². The number of benzene rings is 1. The highest BCUT2D eigenvalue weighted by atomic mass is 19.3. The van der Waals surface area contributed by atoms with E-state index in [0.717, 1.165) is 0 Å². The SMILES string of the molecule is COc1ccc(C(=O)N2CC(C(F)F)C2)cc1. The molecule has 0 spiro atoms. The number of likely N-dealkylation sites (tertiary alicyclic amines) is 1. The molecule has 1 aliphatic heterocycles. The van der Waals surface area contributed by atoms with E-state index < -0.39 is 12.3 Å². The Labute approximate surface area is 98.0 Å². The number of methoxy groups -OCH3 is 1. The summed E-state index contributed by atoms with van der Waals surface area (Å²) in [5, 5.41) is 0. The molecule has 1 fully saturated rings. The van der Waals surface area contributed by atoms with Crippen molar-refractivity contribution in [3.63, 3.8) is 0 Å². The van der Waals surface area contributed by atoms with Crippen LogP contribution in [0.25, 0.3) is 0 Å². The maximum absolute atomic E-state index is 12.3. The maximum atomic E-state index is 12.3. The lowest BCUT2D eigenvalue weighted by atomic mass is 9.99. The number of alkyl halides is 2. The third kappa shape index (κ3) is 2.38. The predicted molar refractivity (Wildman–Crippen MR) is 58.4 cm³/mol. The van der Waals surface area contributed by atoms with Crippen molar-refractivity contribution in [2.75, 3.05) is 20.2 Å². The van der Waals surface area contributed by atoms with Crippen LogP contribution < -0.4 is 4.74 Å².